The number of anilines is 2. The summed E-state index contributed by atoms with van der Waals surface area (Å²) in [6.45, 7) is -0.398. The standard InChI is InChI=1S/C18H12ClFN2O3S/c19-13-9-12(7-8-14(13)20)21-17(23)10-22-15-5-1-3-11-4-2-6-16(18(11)15)26(22,24)25/h1-9H,10H2,(H,21,23). The van der Waals surface area contributed by atoms with Gasteiger partial charge in [0.1, 0.15) is 12.4 Å². The van der Waals surface area contributed by atoms with Crippen molar-refractivity contribution in [1.29, 1.82) is 0 Å². The summed E-state index contributed by atoms with van der Waals surface area (Å²) in [5.74, 6) is -1.16. The number of rotatable bonds is 3. The van der Waals surface area contributed by atoms with Gasteiger partial charge in [-0.3, -0.25) is 9.10 Å². The van der Waals surface area contributed by atoms with E-state index in [2.05, 4.69) is 5.32 Å². The summed E-state index contributed by atoms with van der Waals surface area (Å²) in [4.78, 5) is 12.6. The van der Waals surface area contributed by atoms with Crippen molar-refractivity contribution in [1.82, 2.24) is 0 Å². The summed E-state index contributed by atoms with van der Waals surface area (Å²) in [6.07, 6.45) is 0. The molecule has 0 spiro atoms. The van der Waals surface area contributed by atoms with Crippen molar-refractivity contribution < 1.29 is 17.6 Å². The Morgan fingerprint density at radius 2 is 1.85 bits per heavy atom. The summed E-state index contributed by atoms with van der Waals surface area (Å²) < 4.78 is 39.9. The molecule has 1 aliphatic rings. The number of nitrogens with zero attached hydrogens (tertiary/aromatic N) is 1. The molecule has 1 N–H and O–H groups in total. The van der Waals surface area contributed by atoms with Crippen LogP contribution in [0.2, 0.25) is 5.02 Å². The maximum atomic E-state index is 13.2. The van der Waals surface area contributed by atoms with Crippen molar-refractivity contribution in [3.63, 3.8) is 0 Å². The Labute approximate surface area is 154 Å². The van der Waals surface area contributed by atoms with Crippen LogP contribution >= 0.6 is 11.6 Å². The fraction of sp³-hybridized carbons (Fsp3) is 0.0556. The van der Waals surface area contributed by atoms with E-state index >= 15 is 0 Å². The smallest absolute Gasteiger partial charge is 0.265 e. The molecule has 0 unspecified atom stereocenters. The summed E-state index contributed by atoms with van der Waals surface area (Å²) >= 11 is 5.70. The number of halogens is 2. The highest BCUT2D eigenvalue weighted by Gasteiger charge is 2.36. The van der Waals surface area contributed by atoms with Gasteiger partial charge in [-0.25, -0.2) is 12.8 Å². The van der Waals surface area contributed by atoms with E-state index in [0.717, 1.165) is 15.8 Å². The molecule has 1 aliphatic heterocycles. The van der Waals surface area contributed by atoms with Crippen molar-refractivity contribution in [2.75, 3.05) is 16.2 Å². The molecule has 5 nitrogen and oxygen atoms in total. The first-order valence-electron chi connectivity index (χ1n) is 7.67. The summed E-state index contributed by atoms with van der Waals surface area (Å²) in [7, 11) is -3.81. The lowest BCUT2D eigenvalue weighted by atomic mass is 10.1. The van der Waals surface area contributed by atoms with Crippen LogP contribution < -0.4 is 9.62 Å². The molecule has 0 radical (unpaired) electrons. The number of carbonyl (C=O) groups excluding carboxylic acids is 1. The molecule has 3 aromatic rings. The Morgan fingerprint density at radius 3 is 2.58 bits per heavy atom. The van der Waals surface area contributed by atoms with E-state index < -0.39 is 28.3 Å². The molecule has 132 valence electrons. The fourth-order valence-corrected chi connectivity index (χ4v) is 4.88. The quantitative estimate of drug-likeness (QED) is 0.740. The molecule has 0 saturated heterocycles. The molecule has 0 atom stereocenters. The van der Waals surface area contributed by atoms with E-state index in [9.17, 15) is 17.6 Å². The lowest BCUT2D eigenvalue weighted by Gasteiger charge is -2.18. The van der Waals surface area contributed by atoms with E-state index in [0.29, 0.717) is 11.1 Å². The highest BCUT2D eigenvalue weighted by molar-refractivity contribution is 7.93. The predicted octanol–water partition coefficient (Wildman–Crippen LogP) is 3.78. The van der Waals surface area contributed by atoms with Crippen molar-refractivity contribution in [3.05, 3.63) is 65.4 Å². The van der Waals surface area contributed by atoms with E-state index in [-0.39, 0.29) is 15.6 Å². The Bertz CT molecular complexity index is 1160. The van der Waals surface area contributed by atoms with Gasteiger partial charge in [-0.15, -0.1) is 0 Å². The lowest BCUT2D eigenvalue weighted by molar-refractivity contribution is -0.114. The van der Waals surface area contributed by atoms with Crippen LogP contribution in [0.15, 0.2) is 59.5 Å². The minimum absolute atomic E-state index is 0.131. The molecule has 0 aliphatic carbocycles. The molecule has 26 heavy (non-hydrogen) atoms. The number of benzene rings is 3. The van der Waals surface area contributed by atoms with Gasteiger partial charge in [0, 0.05) is 11.1 Å². The normalized spacial score (nSPS) is 14.6. The molecular weight excluding hydrogens is 379 g/mol. The zero-order chi connectivity index (χ0) is 18.5. The van der Waals surface area contributed by atoms with Gasteiger partial charge in [0.2, 0.25) is 5.91 Å². The Hall–Kier alpha value is -2.64. The monoisotopic (exact) mass is 390 g/mol. The average Bonchev–Trinajstić information content (AvgIpc) is 2.82. The van der Waals surface area contributed by atoms with Gasteiger partial charge in [0.15, 0.2) is 0 Å². The molecule has 0 aromatic heterocycles. The predicted molar refractivity (Wildman–Crippen MR) is 98.5 cm³/mol. The van der Waals surface area contributed by atoms with Gasteiger partial charge in [-0.05, 0) is 35.7 Å². The third-order valence-electron chi connectivity index (χ3n) is 4.17. The average molecular weight is 391 g/mol. The zero-order valence-corrected chi connectivity index (χ0v) is 14.8. The third-order valence-corrected chi connectivity index (χ3v) is 6.26. The highest BCUT2D eigenvalue weighted by atomic mass is 35.5. The van der Waals surface area contributed by atoms with Gasteiger partial charge < -0.3 is 5.32 Å². The van der Waals surface area contributed by atoms with Crippen LogP contribution in [0.4, 0.5) is 15.8 Å². The van der Waals surface area contributed by atoms with Crippen molar-refractivity contribution in [3.8, 4) is 0 Å². The zero-order valence-electron chi connectivity index (χ0n) is 13.2. The van der Waals surface area contributed by atoms with Gasteiger partial charge in [0.25, 0.3) is 10.0 Å². The van der Waals surface area contributed by atoms with Gasteiger partial charge in [-0.2, -0.15) is 0 Å². The fourth-order valence-electron chi connectivity index (χ4n) is 3.03. The number of amides is 1. The number of hydrogen-bond donors (Lipinski definition) is 1. The third kappa shape index (κ3) is 2.60. The van der Waals surface area contributed by atoms with Crippen LogP contribution in [-0.4, -0.2) is 20.9 Å². The van der Waals surface area contributed by atoms with Crippen molar-refractivity contribution in [2.24, 2.45) is 0 Å². The van der Waals surface area contributed by atoms with E-state index in [4.69, 9.17) is 11.6 Å². The summed E-state index contributed by atoms with van der Waals surface area (Å²) in [6, 6.07) is 14.0. The number of hydrogen-bond acceptors (Lipinski definition) is 3. The molecule has 1 heterocycles. The number of nitrogens with one attached hydrogen (secondary N) is 1. The second kappa shape index (κ2) is 5.96. The molecule has 4 rings (SSSR count). The van der Waals surface area contributed by atoms with Crippen molar-refractivity contribution in [2.45, 2.75) is 4.90 Å². The van der Waals surface area contributed by atoms with E-state index in [1.165, 1.54) is 18.2 Å². The van der Waals surface area contributed by atoms with E-state index in [1.54, 1.807) is 18.2 Å². The topological polar surface area (TPSA) is 66.5 Å². The molecule has 0 saturated carbocycles. The molecule has 3 aromatic carbocycles. The molecular formula is C18H12ClFN2O3S. The Balaban J connectivity index is 1.65. The molecule has 0 fully saturated rings. The minimum Gasteiger partial charge on any atom is -0.324 e. The molecule has 0 bridgehead atoms. The first kappa shape index (κ1) is 16.8. The van der Waals surface area contributed by atoms with Crippen LogP contribution in [0.1, 0.15) is 0 Å². The Kier molecular flexibility index (Phi) is 3.86. The van der Waals surface area contributed by atoms with Gasteiger partial charge in [-0.1, -0.05) is 35.9 Å². The maximum absolute atomic E-state index is 13.2. The van der Waals surface area contributed by atoms with Crippen molar-refractivity contribution >= 4 is 49.7 Å². The van der Waals surface area contributed by atoms with Crippen LogP contribution in [-0.2, 0) is 14.8 Å². The van der Waals surface area contributed by atoms with E-state index in [1.807, 2.05) is 12.1 Å². The second-order valence-electron chi connectivity index (χ2n) is 5.82. The maximum Gasteiger partial charge on any atom is 0.265 e. The number of sulfonamides is 1. The molecule has 1 amide bonds. The highest BCUT2D eigenvalue weighted by Crippen LogP contribution is 2.41. The lowest BCUT2D eigenvalue weighted by Crippen LogP contribution is -2.35. The molecule has 8 heteroatoms. The summed E-state index contributed by atoms with van der Waals surface area (Å²) in [5.41, 5.74) is 0.749. The number of carbonyl (C=O) groups is 1. The van der Waals surface area contributed by atoms with Gasteiger partial charge in [0.05, 0.1) is 15.6 Å². The van der Waals surface area contributed by atoms with Crippen LogP contribution in [0.3, 0.4) is 0 Å². The van der Waals surface area contributed by atoms with Crippen LogP contribution in [0, 0.1) is 5.82 Å². The minimum atomic E-state index is -3.81. The SMILES string of the molecule is O=C(CN1c2cccc3cccc(c23)S1(=O)=O)Nc1ccc(F)c(Cl)c1. The largest absolute Gasteiger partial charge is 0.324 e. The summed E-state index contributed by atoms with van der Waals surface area (Å²) in [5, 5.41) is 3.80. The van der Waals surface area contributed by atoms with Crippen LogP contribution in [0.25, 0.3) is 10.8 Å². The second-order valence-corrected chi connectivity index (χ2v) is 8.06. The van der Waals surface area contributed by atoms with Crippen LogP contribution in [0.5, 0.6) is 0 Å². The first-order chi connectivity index (χ1) is 12.4. The van der Waals surface area contributed by atoms with Gasteiger partial charge >= 0.3 is 0 Å². The Morgan fingerprint density at radius 1 is 1.12 bits per heavy atom. The first-order valence-corrected chi connectivity index (χ1v) is 9.49.